The Morgan fingerprint density at radius 3 is 2.63 bits per heavy atom. The van der Waals surface area contributed by atoms with Crippen molar-refractivity contribution in [1.82, 2.24) is 29.5 Å². The van der Waals surface area contributed by atoms with Crippen LogP contribution in [0.25, 0.3) is 5.78 Å². The molecule has 1 saturated carbocycles. The van der Waals surface area contributed by atoms with Crippen LogP contribution >= 0.6 is 11.8 Å². The molecule has 2 fully saturated rings. The van der Waals surface area contributed by atoms with Crippen LogP contribution in [-0.4, -0.2) is 66.8 Å². The van der Waals surface area contributed by atoms with Crippen LogP contribution in [0.5, 0.6) is 0 Å². The van der Waals surface area contributed by atoms with E-state index in [1.807, 2.05) is 13.8 Å². The Kier molecular flexibility index (Phi) is 5.54. The molecule has 0 radical (unpaired) electrons. The maximum atomic E-state index is 13.1. The summed E-state index contributed by atoms with van der Waals surface area (Å²) in [6.07, 6.45) is 3.38. The molecule has 9 nitrogen and oxygen atoms in total. The zero-order valence-electron chi connectivity index (χ0n) is 18.5. The van der Waals surface area contributed by atoms with Gasteiger partial charge in [0.05, 0.1) is 5.75 Å². The second-order valence-corrected chi connectivity index (χ2v) is 10.5. The first kappa shape index (κ1) is 21.1. The fraction of sp³-hybridized carbons (Fsp3) is 0.750. The summed E-state index contributed by atoms with van der Waals surface area (Å²) in [7, 11) is 0. The third kappa shape index (κ3) is 4.06. The van der Waals surface area contributed by atoms with Gasteiger partial charge in [-0.2, -0.15) is 9.97 Å². The molecule has 0 aromatic carbocycles. The van der Waals surface area contributed by atoms with Gasteiger partial charge in [0.15, 0.2) is 5.16 Å². The predicted octanol–water partition coefficient (Wildman–Crippen LogP) is 2.90. The summed E-state index contributed by atoms with van der Waals surface area (Å²) in [5.74, 6) is 2.14. The molecule has 3 heterocycles. The highest BCUT2D eigenvalue weighted by Crippen LogP contribution is 2.52. The molecule has 1 amide bonds. The summed E-state index contributed by atoms with van der Waals surface area (Å²) in [4.78, 5) is 24.2. The molecule has 30 heavy (non-hydrogen) atoms. The van der Waals surface area contributed by atoms with E-state index in [-0.39, 0.29) is 11.3 Å². The zero-order chi connectivity index (χ0) is 21.5. The SMILES string of the molecule is CCNc1nc(NCC)n2c(SCC(=O)N3C[C@]4(C)C[C@H]3CC(C)(C)C4)nnc2n1. The summed E-state index contributed by atoms with van der Waals surface area (Å²) in [5, 5.41) is 15.5. The normalized spacial score (nSPS) is 25.0. The van der Waals surface area contributed by atoms with Crippen molar-refractivity contribution in [3.05, 3.63) is 0 Å². The van der Waals surface area contributed by atoms with Gasteiger partial charge in [-0.1, -0.05) is 32.5 Å². The molecule has 2 aliphatic rings. The van der Waals surface area contributed by atoms with Gasteiger partial charge in [-0.15, -0.1) is 10.2 Å². The number of hydrogen-bond acceptors (Lipinski definition) is 8. The number of hydrogen-bond donors (Lipinski definition) is 2. The Morgan fingerprint density at radius 1 is 1.13 bits per heavy atom. The van der Waals surface area contributed by atoms with Crippen LogP contribution < -0.4 is 10.6 Å². The molecule has 164 valence electrons. The van der Waals surface area contributed by atoms with E-state index in [9.17, 15) is 4.79 Å². The third-order valence-electron chi connectivity index (χ3n) is 5.98. The largest absolute Gasteiger partial charge is 0.355 e. The van der Waals surface area contributed by atoms with Crippen molar-refractivity contribution in [3.8, 4) is 0 Å². The van der Waals surface area contributed by atoms with Crippen molar-refractivity contribution in [1.29, 1.82) is 0 Å². The van der Waals surface area contributed by atoms with E-state index in [4.69, 9.17) is 0 Å². The highest BCUT2D eigenvalue weighted by molar-refractivity contribution is 7.99. The van der Waals surface area contributed by atoms with Crippen LogP contribution in [0.4, 0.5) is 11.9 Å². The van der Waals surface area contributed by atoms with Gasteiger partial charge in [0.25, 0.3) is 5.78 Å². The van der Waals surface area contributed by atoms with E-state index >= 15 is 0 Å². The molecule has 1 aliphatic carbocycles. The van der Waals surface area contributed by atoms with Gasteiger partial charge in [0, 0.05) is 25.7 Å². The van der Waals surface area contributed by atoms with E-state index in [0.717, 1.165) is 25.9 Å². The molecule has 2 aromatic heterocycles. The molecule has 1 saturated heterocycles. The van der Waals surface area contributed by atoms with E-state index < -0.39 is 0 Å². The smallest absolute Gasteiger partial charge is 0.261 e. The average Bonchev–Trinajstić information content (AvgIpc) is 3.17. The molecular formula is C20H32N8OS. The maximum absolute atomic E-state index is 13.1. The lowest BCUT2D eigenvalue weighted by molar-refractivity contribution is -0.129. The summed E-state index contributed by atoms with van der Waals surface area (Å²) < 4.78 is 1.79. The summed E-state index contributed by atoms with van der Waals surface area (Å²) in [6, 6.07) is 0.352. The Bertz CT molecular complexity index is 944. The van der Waals surface area contributed by atoms with Crippen LogP contribution in [0.3, 0.4) is 0 Å². The molecule has 4 rings (SSSR count). The van der Waals surface area contributed by atoms with Crippen molar-refractivity contribution in [3.63, 3.8) is 0 Å². The number of amides is 1. The monoisotopic (exact) mass is 432 g/mol. The van der Waals surface area contributed by atoms with Crippen molar-refractivity contribution < 1.29 is 4.79 Å². The van der Waals surface area contributed by atoms with Gasteiger partial charge in [-0.25, -0.2) is 4.40 Å². The Labute approximate surface area is 181 Å². The Balaban J connectivity index is 1.51. The number of aromatic nitrogens is 5. The lowest BCUT2D eigenvalue weighted by Crippen LogP contribution is -2.38. The minimum atomic E-state index is 0.179. The lowest BCUT2D eigenvalue weighted by Gasteiger charge is -2.39. The van der Waals surface area contributed by atoms with Crippen LogP contribution in [-0.2, 0) is 4.79 Å². The second-order valence-electron chi connectivity index (χ2n) is 9.57. The standard InChI is InChI=1S/C20H32N8OS/c1-6-21-15-23-16(22-7-2)28-17(24-15)25-26-18(28)30-10-14(29)27-12-20(5)9-13(27)8-19(3,4)11-20/h13H,6-12H2,1-5H3,(H2,21,22,23,24,25)/t13-,20-/m1/s1. The molecule has 2 atom stereocenters. The van der Waals surface area contributed by atoms with E-state index in [1.54, 1.807) is 4.40 Å². The number of carbonyl (C=O) groups excluding carboxylic acids is 1. The summed E-state index contributed by atoms with van der Waals surface area (Å²) in [5.41, 5.74) is 0.536. The van der Waals surface area contributed by atoms with Gasteiger partial charge >= 0.3 is 0 Å². The van der Waals surface area contributed by atoms with Crippen LogP contribution in [0.2, 0.25) is 0 Å². The van der Waals surface area contributed by atoms with Crippen LogP contribution in [0, 0.1) is 10.8 Å². The number of carbonyl (C=O) groups is 1. The number of nitrogens with one attached hydrogen (secondary N) is 2. The van der Waals surface area contributed by atoms with Crippen molar-refractivity contribution >= 4 is 35.3 Å². The van der Waals surface area contributed by atoms with Crippen LogP contribution in [0.1, 0.15) is 53.9 Å². The molecule has 2 aromatic rings. The lowest BCUT2D eigenvalue weighted by atomic mass is 9.65. The number of fused-ring (bicyclic) bond motifs is 3. The van der Waals surface area contributed by atoms with E-state index in [1.165, 1.54) is 18.2 Å². The fourth-order valence-corrected chi connectivity index (χ4v) is 6.17. The third-order valence-corrected chi connectivity index (χ3v) is 6.89. The van der Waals surface area contributed by atoms with Gasteiger partial charge in [-0.3, -0.25) is 4.79 Å². The van der Waals surface area contributed by atoms with Crippen molar-refractivity contribution in [2.45, 2.75) is 65.1 Å². The zero-order valence-corrected chi connectivity index (χ0v) is 19.3. The predicted molar refractivity (Wildman–Crippen MR) is 119 cm³/mol. The molecule has 2 N–H and O–H groups in total. The molecular weight excluding hydrogens is 400 g/mol. The quantitative estimate of drug-likeness (QED) is 0.644. The maximum Gasteiger partial charge on any atom is 0.261 e. The molecule has 0 unspecified atom stereocenters. The first-order valence-electron chi connectivity index (χ1n) is 10.8. The summed E-state index contributed by atoms with van der Waals surface area (Å²) in [6.45, 7) is 13.3. The molecule has 2 bridgehead atoms. The number of likely N-dealkylation sites (tertiary alicyclic amines) is 1. The molecule has 1 aliphatic heterocycles. The van der Waals surface area contributed by atoms with Gasteiger partial charge in [0.1, 0.15) is 0 Å². The fourth-order valence-electron chi connectivity index (χ4n) is 5.36. The van der Waals surface area contributed by atoms with E-state index in [2.05, 4.69) is 56.5 Å². The minimum absolute atomic E-state index is 0.179. The Hall–Kier alpha value is -2.10. The first-order chi connectivity index (χ1) is 14.2. The van der Waals surface area contributed by atoms with Gasteiger partial charge in [-0.05, 0) is 43.9 Å². The minimum Gasteiger partial charge on any atom is -0.355 e. The van der Waals surface area contributed by atoms with Gasteiger partial charge in [0.2, 0.25) is 17.8 Å². The van der Waals surface area contributed by atoms with Gasteiger partial charge < -0.3 is 15.5 Å². The number of nitrogens with zero attached hydrogens (tertiary/aromatic N) is 6. The topological polar surface area (TPSA) is 100 Å². The summed E-state index contributed by atoms with van der Waals surface area (Å²) >= 11 is 1.40. The second kappa shape index (κ2) is 7.86. The highest BCUT2D eigenvalue weighted by atomic mass is 32.2. The first-order valence-corrected chi connectivity index (χ1v) is 11.8. The Morgan fingerprint density at radius 2 is 1.90 bits per heavy atom. The molecule has 10 heteroatoms. The van der Waals surface area contributed by atoms with Crippen molar-refractivity contribution in [2.75, 3.05) is 36.0 Å². The highest BCUT2D eigenvalue weighted by Gasteiger charge is 2.50. The number of anilines is 2. The van der Waals surface area contributed by atoms with E-state index in [0.29, 0.717) is 46.6 Å². The average molecular weight is 433 g/mol. The molecule has 0 spiro atoms. The number of rotatable bonds is 7. The number of thioether (sulfide) groups is 1. The van der Waals surface area contributed by atoms with Crippen molar-refractivity contribution in [2.24, 2.45) is 10.8 Å². The van der Waals surface area contributed by atoms with Crippen LogP contribution in [0.15, 0.2) is 5.16 Å².